The highest BCUT2D eigenvalue weighted by atomic mass is 32.2. The summed E-state index contributed by atoms with van der Waals surface area (Å²) in [5.41, 5.74) is -5.87. The monoisotopic (exact) mass is 556 g/mol. The summed E-state index contributed by atoms with van der Waals surface area (Å²) in [6, 6.07) is 13.2. The topological polar surface area (TPSA) is 107 Å². The molecule has 2 aromatic carbocycles. The first kappa shape index (κ1) is 27.2. The number of halogens is 3. The van der Waals surface area contributed by atoms with Crippen LogP contribution in [0.25, 0.3) is 5.76 Å². The van der Waals surface area contributed by atoms with E-state index in [-0.39, 0.29) is 28.9 Å². The molecule has 9 nitrogen and oxygen atoms in total. The van der Waals surface area contributed by atoms with E-state index in [0.717, 1.165) is 18.9 Å². The van der Waals surface area contributed by atoms with E-state index in [4.69, 9.17) is 23.7 Å². The SMILES string of the molecule is COC(=O)C1=C(OS(=O)(=O)C(F)(F)F)c2cc(OC(C)C)ccc2OC1C1=COC(Cc2ccccc2)O1. The first-order chi connectivity index (χ1) is 17.9. The highest BCUT2D eigenvalue weighted by molar-refractivity contribution is 7.87. The normalized spacial score (nSPS) is 19.1. The van der Waals surface area contributed by atoms with Gasteiger partial charge in [-0.25, -0.2) is 4.79 Å². The van der Waals surface area contributed by atoms with Crippen LogP contribution in [-0.4, -0.2) is 45.5 Å². The minimum absolute atomic E-state index is 0.0952. The van der Waals surface area contributed by atoms with Gasteiger partial charge in [0.15, 0.2) is 17.6 Å². The lowest BCUT2D eigenvalue weighted by Gasteiger charge is -2.30. The fourth-order valence-corrected chi connectivity index (χ4v) is 4.21. The molecule has 0 amide bonds. The van der Waals surface area contributed by atoms with Crippen molar-refractivity contribution in [1.29, 1.82) is 0 Å². The molecule has 0 spiro atoms. The molecule has 0 aliphatic carbocycles. The second-order valence-electron chi connectivity index (χ2n) is 8.43. The van der Waals surface area contributed by atoms with Crippen LogP contribution in [0.2, 0.25) is 0 Å². The van der Waals surface area contributed by atoms with Gasteiger partial charge in [-0.05, 0) is 37.6 Å². The first-order valence-corrected chi connectivity index (χ1v) is 12.7. The summed E-state index contributed by atoms with van der Waals surface area (Å²) in [4.78, 5) is 12.9. The van der Waals surface area contributed by atoms with Crippen LogP contribution in [0.3, 0.4) is 0 Å². The van der Waals surface area contributed by atoms with E-state index in [0.29, 0.717) is 6.42 Å². The van der Waals surface area contributed by atoms with E-state index in [2.05, 4.69) is 4.18 Å². The number of methoxy groups -OCH3 is 1. The Balaban J connectivity index is 1.78. The molecule has 0 fully saturated rings. The number of carbonyl (C=O) groups is 1. The van der Waals surface area contributed by atoms with Crippen molar-refractivity contribution in [3.05, 3.63) is 77.3 Å². The minimum Gasteiger partial charge on any atom is -0.491 e. The van der Waals surface area contributed by atoms with E-state index in [1.807, 2.05) is 30.3 Å². The van der Waals surface area contributed by atoms with Gasteiger partial charge in [-0.15, -0.1) is 0 Å². The maximum atomic E-state index is 13.3. The van der Waals surface area contributed by atoms with Crippen molar-refractivity contribution in [3.63, 3.8) is 0 Å². The Bertz CT molecular complexity index is 1370. The van der Waals surface area contributed by atoms with Gasteiger partial charge in [0.1, 0.15) is 23.3 Å². The lowest BCUT2D eigenvalue weighted by atomic mass is 9.98. The Hall–Kier alpha value is -3.87. The van der Waals surface area contributed by atoms with Gasteiger partial charge in [-0.3, -0.25) is 0 Å². The second-order valence-corrected chi connectivity index (χ2v) is 9.97. The van der Waals surface area contributed by atoms with Crippen LogP contribution in [-0.2, 0) is 39.7 Å². The van der Waals surface area contributed by atoms with Crippen LogP contribution in [0.5, 0.6) is 11.5 Å². The van der Waals surface area contributed by atoms with Gasteiger partial charge >= 0.3 is 21.6 Å². The van der Waals surface area contributed by atoms with Crippen molar-refractivity contribution in [2.75, 3.05) is 7.11 Å². The zero-order chi connectivity index (χ0) is 27.7. The summed E-state index contributed by atoms with van der Waals surface area (Å²) in [5.74, 6) is -2.19. The third-order valence-corrected chi connectivity index (χ3v) is 6.26. The number of rotatable bonds is 8. The van der Waals surface area contributed by atoms with E-state index in [1.165, 1.54) is 18.2 Å². The summed E-state index contributed by atoms with van der Waals surface area (Å²) in [6.07, 6.45) is -1.29. The molecule has 0 saturated carbocycles. The van der Waals surface area contributed by atoms with E-state index in [1.54, 1.807) is 13.8 Å². The standard InChI is InChI=1S/C25H23F3O9S/c1-14(2)34-16-9-10-18-17(12-16)22(37-38(30,31)25(26,27)28)21(24(29)32-3)23(36-18)19-13-33-20(35-19)11-15-7-5-4-6-8-15/h4-10,12-14,20,23H,11H2,1-3H3. The maximum absolute atomic E-state index is 13.3. The molecule has 2 aliphatic heterocycles. The number of fused-ring (bicyclic) bond motifs is 1. The number of benzene rings is 2. The molecule has 2 aliphatic rings. The predicted octanol–water partition coefficient (Wildman–Crippen LogP) is 4.44. The Labute approximate surface area is 216 Å². The Morgan fingerprint density at radius 2 is 1.79 bits per heavy atom. The molecule has 13 heteroatoms. The average Bonchev–Trinajstić information content (AvgIpc) is 3.31. The molecule has 0 aromatic heterocycles. The maximum Gasteiger partial charge on any atom is 0.534 e. The zero-order valence-corrected chi connectivity index (χ0v) is 21.2. The van der Waals surface area contributed by atoms with Crippen LogP contribution in [0.4, 0.5) is 13.2 Å². The predicted molar refractivity (Wildman–Crippen MR) is 126 cm³/mol. The molecule has 0 radical (unpaired) electrons. The van der Waals surface area contributed by atoms with Crippen LogP contribution >= 0.6 is 0 Å². The molecular weight excluding hydrogens is 533 g/mol. The van der Waals surface area contributed by atoms with Gasteiger partial charge < -0.3 is 27.9 Å². The summed E-state index contributed by atoms with van der Waals surface area (Å²) in [5, 5.41) is 0. The van der Waals surface area contributed by atoms with Crippen LogP contribution in [0.15, 0.2) is 66.1 Å². The molecule has 2 atom stereocenters. The number of hydrogen-bond donors (Lipinski definition) is 0. The summed E-state index contributed by atoms with van der Waals surface area (Å²) in [7, 11) is -5.24. The quantitative estimate of drug-likeness (QED) is 0.265. The van der Waals surface area contributed by atoms with Gasteiger partial charge in [-0.2, -0.15) is 21.6 Å². The molecule has 2 unspecified atom stereocenters. The first-order valence-electron chi connectivity index (χ1n) is 11.3. The molecule has 2 heterocycles. The van der Waals surface area contributed by atoms with Crippen molar-refractivity contribution in [2.24, 2.45) is 0 Å². The van der Waals surface area contributed by atoms with Crippen molar-refractivity contribution in [1.82, 2.24) is 0 Å². The largest absolute Gasteiger partial charge is 0.534 e. The lowest BCUT2D eigenvalue weighted by Crippen LogP contribution is -2.35. The third kappa shape index (κ3) is 5.67. The smallest absolute Gasteiger partial charge is 0.491 e. The summed E-state index contributed by atoms with van der Waals surface area (Å²) in [6.45, 7) is 3.42. The molecule has 38 heavy (non-hydrogen) atoms. The van der Waals surface area contributed by atoms with Gasteiger partial charge in [0.25, 0.3) is 0 Å². The van der Waals surface area contributed by atoms with Crippen LogP contribution in [0.1, 0.15) is 25.0 Å². The van der Waals surface area contributed by atoms with Gasteiger partial charge in [-0.1, -0.05) is 30.3 Å². The molecule has 4 rings (SSSR count). The van der Waals surface area contributed by atoms with Gasteiger partial charge in [0.05, 0.1) is 18.8 Å². The Kier molecular flexibility index (Phi) is 7.49. The third-order valence-electron chi connectivity index (χ3n) is 5.31. The van der Waals surface area contributed by atoms with Gasteiger partial charge in [0, 0.05) is 6.42 Å². The zero-order valence-electron chi connectivity index (χ0n) is 20.4. The number of ether oxygens (including phenoxy) is 5. The number of alkyl halides is 3. The highest BCUT2D eigenvalue weighted by Gasteiger charge is 2.51. The van der Waals surface area contributed by atoms with Crippen molar-refractivity contribution >= 4 is 21.8 Å². The molecular formula is C25H23F3O9S. The van der Waals surface area contributed by atoms with Crippen molar-refractivity contribution < 1.29 is 54.3 Å². The molecule has 2 aromatic rings. The lowest BCUT2D eigenvalue weighted by molar-refractivity contribution is -0.137. The van der Waals surface area contributed by atoms with Crippen LogP contribution in [0, 0.1) is 0 Å². The number of hydrogen-bond acceptors (Lipinski definition) is 9. The summed E-state index contributed by atoms with van der Waals surface area (Å²) < 4.78 is 96.1. The fraction of sp³-hybridized carbons (Fsp3) is 0.320. The average molecular weight is 557 g/mol. The molecule has 0 bridgehead atoms. The van der Waals surface area contributed by atoms with Gasteiger partial charge in [0.2, 0.25) is 6.29 Å². The molecule has 0 N–H and O–H groups in total. The Morgan fingerprint density at radius 1 is 1.08 bits per heavy atom. The van der Waals surface area contributed by atoms with Crippen molar-refractivity contribution in [3.8, 4) is 11.5 Å². The highest BCUT2D eigenvalue weighted by Crippen LogP contribution is 2.44. The van der Waals surface area contributed by atoms with E-state index in [9.17, 15) is 26.4 Å². The molecule has 0 saturated heterocycles. The summed E-state index contributed by atoms with van der Waals surface area (Å²) >= 11 is 0. The van der Waals surface area contributed by atoms with E-state index < -0.39 is 45.3 Å². The van der Waals surface area contributed by atoms with Crippen molar-refractivity contribution in [2.45, 2.75) is 44.3 Å². The van der Waals surface area contributed by atoms with E-state index >= 15 is 0 Å². The second kappa shape index (κ2) is 10.5. The minimum atomic E-state index is -6.20. The fourth-order valence-electron chi connectivity index (χ4n) is 3.71. The molecule has 204 valence electrons. The number of esters is 1. The number of carbonyl (C=O) groups excluding carboxylic acids is 1. The van der Waals surface area contributed by atoms with Crippen LogP contribution < -0.4 is 9.47 Å². The Morgan fingerprint density at radius 3 is 2.42 bits per heavy atom.